The quantitative estimate of drug-likeness (QED) is 0.662. The van der Waals surface area contributed by atoms with Crippen LogP contribution in [0.15, 0.2) is 36.4 Å². The Morgan fingerprint density at radius 1 is 1.13 bits per heavy atom. The molecule has 166 valence electrons. The van der Waals surface area contributed by atoms with Crippen molar-refractivity contribution >= 4 is 12.1 Å². The van der Waals surface area contributed by atoms with Crippen molar-refractivity contribution in [2.75, 3.05) is 13.7 Å². The monoisotopic (exact) mass is 433 g/mol. The van der Waals surface area contributed by atoms with Crippen LogP contribution in [0.25, 0.3) is 0 Å². The number of carbonyl (C=O) groups is 2. The van der Waals surface area contributed by atoms with Gasteiger partial charge in [0.05, 0.1) is 7.11 Å². The van der Waals surface area contributed by atoms with E-state index in [4.69, 9.17) is 14.2 Å². The van der Waals surface area contributed by atoms with E-state index in [-0.39, 0.29) is 18.7 Å². The summed E-state index contributed by atoms with van der Waals surface area (Å²) in [5, 5.41) is 0. The summed E-state index contributed by atoms with van der Waals surface area (Å²) in [5.41, 5.74) is 0.795. The molecule has 2 aromatic rings. The summed E-state index contributed by atoms with van der Waals surface area (Å²) in [4.78, 5) is 26.5. The molecule has 1 heterocycles. The van der Waals surface area contributed by atoms with Crippen LogP contribution in [-0.4, -0.2) is 36.2 Å². The number of nitrogens with zero attached hydrogens (tertiary/aromatic N) is 1. The van der Waals surface area contributed by atoms with E-state index in [1.807, 2.05) is 0 Å². The van der Waals surface area contributed by atoms with Gasteiger partial charge < -0.3 is 14.2 Å². The van der Waals surface area contributed by atoms with E-state index in [0.717, 1.165) is 23.8 Å². The fraction of sp³-hybridized carbons (Fsp3) is 0.391. The van der Waals surface area contributed by atoms with Gasteiger partial charge in [0.1, 0.15) is 29.6 Å². The number of benzene rings is 2. The maximum absolute atomic E-state index is 13.8. The fourth-order valence-corrected chi connectivity index (χ4v) is 3.39. The van der Waals surface area contributed by atoms with Gasteiger partial charge in [-0.25, -0.2) is 18.4 Å². The highest BCUT2D eigenvalue weighted by Crippen LogP contribution is 2.34. The van der Waals surface area contributed by atoms with E-state index < -0.39 is 35.3 Å². The number of ether oxygens (including phenoxy) is 3. The van der Waals surface area contributed by atoms with Crippen molar-refractivity contribution in [3.8, 4) is 5.75 Å². The van der Waals surface area contributed by atoms with Gasteiger partial charge >= 0.3 is 12.1 Å². The number of esters is 1. The zero-order valence-corrected chi connectivity index (χ0v) is 17.9. The van der Waals surface area contributed by atoms with Crippen LogP contribution >= 0.6 is 0 Å². The SMILES string of the molecule is COC(=O)[C@H]1c2ccc(OCc3cc(F)ccc3F)cc2CCN1C(=O)OC(C)(C)C. The van der Waals surface area contributed by atoms with E-state index in [1.54, 1.807) is 39.0 Å². The van der Waals surface area contributed by atoms with E-state index in [9.17, 15) is 18.4 Å². The maximum Gasteiger partial charge on any atom is 0.411 e. The van der Waals surface area contributed by atoms with Gasteiger partial charge in [-0.1, -0.05) is 6.07 Å². The molecule has 0 saturated heterocycles. The lowest BCUT2D eigenvalue weighted by molar-refractivity contribution is -0.147. The molecule has 2 aromatic carbocycles. The predicted octanol–water partition coefficient (Wildman–Crippen LogP) is 4.55. The molecule has 0 aliphatic carbocycles. The number of methoxy groups -OCH3 is 1. The van der Waals surface area contributed by atoms with Crippen LogP contribution in [-0.2, 0) is 27.3 Å². The molecule has 31 heavy (non-hydrogen) atoms. The van der Waals surface area contributed by atoms with Crippen molar-refractivity contribution in [3.63, 3.8) is 0 Å². The average Bonchev–Trinajstić information content (AvgIpc) is 2.71. The molecule has 0 N–H and O–H groups in total. The Balaban J connectivity index is 1.83. The van der Waals surface area contributed by atoms with Gasteiger partial charge in [-0.05, 0) is 68.7 Å². The van der Waals surface area contributed by atoms with E-state index in [2.05, 4.69) is 0 Å². The number of halogens is 2. The molecule has 0 radical (unpaired) electrons. The fourth-order valence-electron chi connectivity index (χ4n) is 3.39. The third-order valence-electron chi connectivity index (χ3n) is 4.80. The molecule has 1 aliphatic heterocycles. The largest absolute Gasteiger partial charge is 0.489 e. The van der Waals surface area contributed by atoms with Gasteiger partial charge in [0.15, 0.2) is 6.04 Å². The van der Waals surface area contributed by atoms with Gasteiger partial charge in [-0.15, -0.1) is 0 Å². The Kier molecular flexibility index (Phi) is 6.48. The summed E-state index contributed by atoms with van der Waals surface area (Å²) >= 11 is 0. The van der Waals surface area contributed by atoms with Crippen LogP contribution in [0, 0.1) is 11.6 Å². The predicted molar refractivity (Wildman–Crippen MR) is 109 cm³/mol. The second-order valence-electron chi connectivity index (χ2n) is 8.23. The van der Waals surface area contributed by atoms with Crippen molar-refractivity contribution in [1.29, 1.82) is 0 Å². The average molecular weight is 433 g/mol. The smallest absolute Gasteiger partial charge is 0.411 e. The molecule has 0 fully saturated rings. The van der Waals surface area contributed by atoms with Crippen LogP contribution in [0.2, 0.25) is 0 Å². The minimum absolute atomic E-state index is 0.0984. The summed E-state index contributed by atoms with van der Waals surface area (Å²) in [6.45, 7) is 5.36. The zero-order chi connectivity index (χ0) is 22.8. The molecule has 1 amide bonds. The molecule has 1 aliphatic rings. The second-order valence-corrected chi connectivity index (χ2v) is 8.23. The van der Waals surface area contributed by atoms with E-state index in [0.29, 0.717) is 17.7 Å². The summed E-state index contributed by atoms with van der Waals surface area (Å²) in [5.74, 6) is -1.24. The number of amides is 1. The lowest BCUT2D eigenvalue weighted by atomic mass is 9.92. The minimum atomic E-state index is -0.946. The lowest BCUT2D eigenvalue weighted by Gasteiger charge is -2.36. The number of carbonyl (C=O) groups excluding carboxylic acids is 2. The Labute approximate surface area is 179 Å². The lowest BCUT2D eigenvalue weighted by Crippen LogP contribution is -2.46. The second kappa shape index (κ2) is 8.91. The first-order valence-electron chi connectivity index (χ1n) is 9.86. The van der Waals surface area contributed by atoms with E-state index in [1.165, 1.54) is 12.0 Å². The Morgan fingerprint density at radius 2 is 1.87 bits per heavy atom. The van der Waals surface area contributed by atoms with Gasteiger partial charge in [0, 0.05) is 12.1 Å². The topological polar surface area (TPSA) is 65.1 Å². The molecule has 0 bridgehead atoms. The summed E-state index contributed by atoms with van der Waals surface area (Å²) in [7, 11) is 1.26. The van der Waals surface area contributed by atoms with Crippen molar-refractivity contribution in [2.24, 2.45) is 0 Å². The van der Waals surface area contributed by atoms with Crippen LogP contribution < -0.4 is 4.74 Å². The molecule has 0 aromatic heterocycles. The molecule has 3 rings (SSSR count). The Morgan fingerprint density at radius 3 is 2.55 bits per heavy atom. The number of fused-ring (bicyclic) bond motifs is 1. The summed E-state index contributed by atoms with van der Waals surface area (Å²) in [6.07, 6.45) is -0.136. The molecule has 8 heteroatoms. The highest BCUT2D eigenvalue weighted by atomic mass is 19.1. The first-order valence-corrected chi connectivity index (χ1v) is 9.86. The van der Waals surface area contributed by atoms with Crippen molar-refractivity contribution in [1.82, 2.24) is 4.90 Å². The van der Waals surface area contributed by atoms with Crippen molar-refractivity contribution in [3.05, 3.63) is 64.7 Å². The van der Waals surface area contributed by atoms with Crippen molar-refractivity contribution < 1.29 is 32.6 Å². The highest BCUT2D eigenvalue weighted by Gasteiger charge is 2.39. The molecule has 6 nitrogen and oxygen atoms in total. The number of hydrogen-bond acceptors (Lipinski definition) is 5. The van der Waals surface area contributed by atoms with Crippen molar-refractivity contribution in [2.45, 2.75) is 45.4 Å². The molecular weight excluding hydrogens is 408 g/mol. The Bertz CT molecular complexity index is 986. The van der Waals surface area contributed by atoms with Crippen LogP contribution in [0.4, 0.5) is 13.6 Å². The molecule has 0 spiro atoms. The maximum atomic E-state index is 13.8. The molecule has 0 unspecified atom stereocenters. The normalized spacial score (nSPS) is 15.8. The van der Waals surface area contributed by atoms with Crippen LogP contribution in [0.5, 0.6) is 5.75 Å². The Hall–Kier alpha value is -3.16. The van der Waals surface area contributed by atoms with Gasteiger partial charge in [-0.2, -0.15) is 0 Å². The first-order chi connectivity index (χ1) is 14.6. The minimum Gasteiger partial charge on any atom is -0.489 e. The van der Waals surface area contributed by atoms with Gasteiger partial charge in [0.25, 0.3) is 0 Å². The molecular formula is C23H25F2NO5. The third-order valence-corrected chi connectivity index (χ3v) is 4.80. The third kappa shape index (κ3) is 5.31. The zero-order valence-electron chi connectivity index (χ0n) is 17.9. The molecule has 0 saturated carbocycles. The molecule has 1 atom stereocenters. The van der Waals surface area contributed by atoms with Crippen LogP contribution in [0.1, 0.15) is 43.5 Å². The summed E-state index contributed by atoms with van der Waals surface area (Å²) < 4.78 is 43.1. The summed E-state index contributed by atoms with van der Waals surface area (Å²) in [6, 6.07) is 7.25. The van der Waals surface area contributed by atoms with Crippen LogP contribution in [0.3, 0.4) is 0 Å². The first kappa shape index (κ1) is 22.5. The highest BCUT2D eigenvalue weighted by molar-refractivity contribution is 5.84. The van der Waals surface area contributed by atoms with Gasteiger partial charge in [0.2, 0.25) is 0 Å². The standard InChI is InChI=1S/C23H25F2NO5/c1-23(2,3)31-22(28)26-10-9-14-12-17(6-7-18(14)20(26)21(27)29-4)30-13-15-11-16(24)5-8-19(15)25/h5-8,11-12,20H,9-10,13H2,1-4H3/t20-/m1/s1. The number of hydrogen-bond donors (Lipinski definition) is 0. The number of rotatable bonds is 4. The van der Waals surface area contributed by atoms with E-state index >= 15 is 0 Å². The van der Waals surface area contributed by atoms with Gasteiger partial charge in [-0.3, -0.25) is 4.90 Å².